The van der Waals surface area contributed by atoms with Gasteiger partial charge in [-0.2, -0.15) is 0 Å². The lowest BCUT2D eigenvalue weighted by Gasteiger charge is -2.10. The molecule has 0 aromatic heterocycles. The molecular weight excluding hydrogens is 240 g/mol. The number of ether oxygens (including phenoxy) is 1. The summed E-state index contributed by atoms with van der Waals surface area (Å²) in [5.41, 5.74) is 0. The molecule has 0 aliphatic heterocycles. The number of carbonyl (C=O) groups is 2. The van der Waals surface area contributed by atoms with Crippen molar-refractivity contribution in [2.75, 3.05) is 0 Å². The van der Waals surface area contributed by atoms with Gasteiger partial charge in [-0.05, 0) is 24.7 Å². The molecule has 0 rings (SSSR count). The molecule has 0 amide bonds. The molecule has 0 aliphatic carbocycles. The molecule has 0 saturated carbocycles. The van der Waals surface area contributed by atoms with Crippen molar-refractivity contribution in [3.05, 3.63) is 0 Å². The second-order valence-electron chi connectivity index (χ2n) is 5.71. The van der Waals surface area contributed by atoms with Crippen molar-refractivity contribution in [3.63, 3.8) is 0 Å². The van der Waals surface area contributed by atoms with Crippen molar-refractivity contribution >= 4 is 11.9 Å². The van der Waals surface area contributed by atoms with Crippen molar-refractivity contribution in [1.82, 2.24) is 0 Å². The Balaban J connectivity index is 3.72. The van der Waals surface area contributed by atoms with Crippen LogP contribution in [0.2, 0.25) is 0 Å². The summed E-state index contributed by atoms with van der Waals surface area (Å²) in [6.07, 6.45) is 6.84. The van der Waals surface area contributed by atoms with Crippen molar-refractivity contribution in [3.8, 4) is 0 Å². The van der Waals surface area contributed by atoms with Crippen LogP contribution in [0.5, 0.6) is 0 Å². The third-order valence-electron chi connectivity index (χ3n) is 3.47. The summed E-state index contributed by atoms with van der Waals surface area (Å²) in [5.74, 6) is 0.321. The van der Waals surface area contributed by atoms with E-state index >= 15 is 0 Å². The van der Waals surface area contributed by atoms with Gasteiger partial charge in [0.1, 0.15) is 0 Å². The standard InChI is InChI=1S/C16H30O3/c1-5-7-13(3)9-11-15(17)19-16(18)12-10-14(4)8-6-2/h13-14H,5-12H2,1-4H3. The first-order chi connectivity index (χ1) is 8.99. The molecule has 0 aliphatic rings. The molecule has 112 valence electrons. The van der Waals surface area contributed by atoms with Gasteiger partial charge in [0, 0.05) is 12.8 Å². The van der Waals surface area contributed by atoms with Crippen LogP contribution in [0, 0.1) is 11.8 Å². The molecule has 0 fully saturated rings. The van der Waals surface area contributed by atoms with Crippen molar-refractivity contribution in [1.29, 1.82) is 0 Å². The molecule has 2 atom stereocenters. The van der Waals surface area contributed by atoms with E-state index in [1.807, 2.05) is 0 Å². The van der Waals surface area contributed by atoms with Gasteiger partial charge in [-0.15, -0.1) is 0 Å². The number of rotatable bonds is 10. The van der Waals surface area contributed by atoms with Crippen LogP contribution >= 0.6 is 0 Å². The largest absolute Gasteiger partial charge is 0.393 e. The Morgan fingerprint density at radius 1 is 0.789 bits per heavy atom. The fourth-order valence-electron chi connectivity index (χ4n) is 2.23. The molecule has 0 saturated heterocycles. The smallest absolute Gasteiger partial charge is 0.313 e. The molecule has 0 aromatic rings. The maximum atomic E-state index is 11.5. The van der Waals surface area contributed by atoms with Crippen LogP contribution in [0.4, 0.5) is 0 Å². The summed E-state index contributed by atoms with van der Waals surface area (Å²) in [4.78, 5) is 23.0. The van der Waals surface area contributed by atoms with E-state index < -0.39 is 0 Å². The van der Waals surface area contributed by atoms with Crippen LogP contribution in [-0.4, -0.2) is 11.9 Å². The Labute approximate surface area is 118 Å². The highest BCUT2D eigenvalue weighted by Crippen LogP contribution is 2.14. The van der Waals surface area contributed by atoms with E-state index in [1.54, 1.807) is 0 Å². The Hall–Kier alpha value is -0.860. The molecule has 19 heavy (non-hydrogen) atoms. The predicted octanol–water partition coefficient (Wildman–Crippen LogP) is 4.49. The number of esters is 2. The van der Waals surface area contributed by atoms with E-state index in [-0.39, 0.29) is 11.9 Å². The van der Waals surface area contributed by atoms with Gasteiger partial charge in [0.15, 0.2) is 0 Å². The molecule has 0 heterocycles. The molecule has 2 unspecified atom stereocenters. The van der Waals surface area contributed by atoms with Gasteiger partial charge in [0.25, 0.3) is 0 Å². The van der Waals surface area contributed by atoms with Gasteiger partial charge >= 0.3 is 11.9 Å². The molecule has 0 N–H and O–H groups in total. The zero-order valence-electron chi connectivity index (χ0n) is 13.0. The first-order valence-corrected chi connectivity index (χ1v) is 7.73. The molecule has 0 spiro atoms. The summed E-state index contributed by atoms with van der Waals surface area (Å²) >= 11 is 0. The lowest BCUT2D eigenvalue weighted by atomic mass is 10.0. The fourth-order valence-corrected chi connectivity index (χ4v) is 2.23. The van der Waals surface area contributed by atoms with Gasteiger partial charge in [-0.25, -0.2) is 0 Å². The Morgan fingerprint density at radius 3 is 1.47 bits per heavy atom. The number of carbonyl (C=O) groups excluding carboxylic acids is 2. The van der Waals surface area contributed by atoms with Crippen molar-refractivity contribution < 1.29 is 14.3 Å². The second kappa shape index (κ2) is 11.0. The average Bonchev–Trinajstić information content (AvgIpc) is 2.35. The first-order valence-electron chi connectivity index (χ1n) is 7.73. The minimum Gasteiger partial charge on any atom is -0.393 e. The second-order valence-corrected chi connectivity index (χ2v) is 5.71. The van der Waals surface area contributed by atoms with Crippen LogP contribution in [0.15, 0.2) is 0 Å². The minimum atomic E-state index is -0.365. The van der Waals surface area contributed by atoms with Crippen LogP contribution in [-0.2, 0) is 14.3 Å². The molecule has 0 radical (unpaired) electrons. The Kier molecular flexibility index (Phi) is 10.5. The maximum Gasteiger partial charge on any atom is 0.313 e. The van der Waals surface area contributed by atoms with Gasteiger partial charge < -0.3 is 4.74 Å². The molecular formula is C16H30O3. The van der Waals surface area contributed by atoms with E-state index in [2.05, 4.69) is 27.7 Å². The highest BCUT2D eigenvalue weighted by molar-refractivity contribution is 5.85. The lowest BCUT2D eigenvalue weighted by molar-refractivity contribution is -0.160. The highest BCUT2D eigenvalue weighted by Gasteiger charge is 2.13. The summed E-state index contributed by atoms with van der Waals surface area (Å²) < 4.78 is 4.83. The zero-order chi connectivity index (χ0) is 14.7. The van der Waals surface area contributed by atoms with Crippen LogP contribution in [0.3, 0.4) is 0 Å². The van der Waals surface area contributed by atoms with E-state index in [0.29, 0.717) is 24.7 Å². The minimum absolute atomic E-state index is 0.359. The van der Waals surface area contributed by atoms with E-state index in [0.717, 1.165) is 38.5 Å². The Bertz CT molecular complexity index is 235. The Morgan fingerprint density at radius 2 is 1.16 bits per heavy atom. The fraction of sp³-hybridized carbons (Fsp3) is 0.875. The quantitative estimate of drug-likeness (QED) is 0.434. The highest BCUT2D eigenvalue weighted by atomic mass is 16.6. The maximum absolute atomic E-state index is 11.5. The van der Waals surface area contributed by atoms with Gasteiger partial charge in [0.2, 0.25) is 0 Å². The number of hydrogen-bond donors (Lipinski definition) is 0. The van der Waals surface area contributed by atoms with E-state index in [1.165, 1.54) is 0 Å². The predicted molar refractivity (Wildman–Crippen MR) is 77.7 cm³/mol. The number of hydrogen-bond acceptors (Lipinski definition) is 3. The molecule has 0 aromatic carbocycles. The van der Waals surface area contributed by atoms with Crippen molar-refractivity contribution in [2.24, 2.45) is 11.8 Å². The van der Waals surface area contributed by atoms with Crippen LogP contribution in [0.1, 0.15) is 79.1 Å². The monoisotopic (exact) mass is 270 g/mol. The molecule has 0 bridgehead atoms. The third-order valence-corrected chi connectivity index (χ3v) is 3.47. The van der Waals surface area contributed by atoms with E-state index in [9.17, 15) is 9.59 Å². The zero-order valence-corrected chi connectivity index (χ0v) is 13.0. The lowest BCUT2D eigenvalue weighted by Crippen LogP contribution is -2.14. The van der Waals surface area contributed by atoms with E-state index in [4.69, 9.17) is 4.74 Å². The van der Waals surface area contributed by atoms with Crippen LogP contribution < -0.4 is 0 Å². The van der Waals surface area contributed by atoms with Gasteiger partial charge in [-0.1, -0.05) is 53.4 Å². The van der Waals surface area contributed by atoms with Gasteiger partial charge in [0.05, 0.1) is 0 Å². The summed E-state index contributed by atoms with van der Waals surface area (Å²) in [6, 6.07) is 0. The van der Waals surface area contributed by atoms with Crippen LogP contribution in [0.25, 0.3) is 0 Å². The SMILES string of the molecule is CCCC(C)CCC(=O)OC(=O)CCC(C)CCC. The topological polar surface area (TPSA) is 43.4 Å². The van der Waals surface area contributed by atoms with Gasteiger partial charge in [-0.3, -0.25) is 9.59 Å². The average molecular weight is 270 g/mol. The van der Waals surface area contributed by atoms with Crippen molar-refractivity contribution in [2.45, 2.75) is 79.1 Å². The molecule has 3 heteroatoms. The summed E-state index contributed by atoms with van der Waals surface area (Å²) in [7, 11) is 0. The normalized spacial score (nSPS) is 13.9. The summed E-state index contributed by atoms with van der Waals surface area (Å²) in [5, 5.41) is 0. The first kappa shape index (κ1) is 18.1. The molecule has 3 nitrogen and oxygen atoms in total. The third kappa shape index (κ3) is 10.7. The summed E-state index contributed by atoms with van der Waals surface area (Å²) in [6.45, 7) is 8.53.